The molecule has 2 atom stereocenters. The predicted molar refractivity (Wildman–Crippen MR) is 63.3 cm³/mol. The molecule has 0 radical (unpaired) electrons. The number of esters is 1. The van der Waals surface area contributed by atoms with E-state index >= 15 is 0 Å². The highest BCUT2D eigenvalue weighted by atomic mass is 16.6. The van der Waals surface area contributed by atoms with Gasteiger partial charge in [0.05, 0.1) is 5.60 Å². The van der Waals surface area contributed by atoms with Gasteiger partial charge in [0.15, 0.2) is 0 Å². The number of hydrogen-bond acceptors (Lipinski definition) is 3. The molecule has 4 saturated carbocycles. The number of carbonyl (C=O) groups excluding carboxylic acids is 1. The SMILES string of the molecule is CC=CC(=O)OC12CC3CC(CC(O)(C3)C1)C2. The summed E-state index contributed by atoms with van der Waals surface area (Å²) in [5.41, 5.74) is -0.921. The van der Waals surface area contributed by atoms with Crippen LogP contribution in [0.2, 0.25) is 0 Å². The predicted octanol–water partition coefficient (Wildman–Crippen LogP) is 2.19. The molecule has 4 rings (SSSR count). The average Bonchev–Trinajstić information content (AvgIpc) is 2.11. The Labute approximate surface area is 102 Å². The molecule has 0 heterocycles. The quantitative estimate of drug-likeness (QED) is 0.590. The van der Waals surface area contributed by atoms with Crippen LogP contribution >= 0.6 is 0 Å². The number of ether oxygens (including phenoxy) is 1. The van der Waals surface area contributed by atoms with E-state index in [0.29, 0.717) is 18.3 Å². The summed E-state index contributed by atoms with van der Waals surface area (Å²) < 4.78 is 5.67. The van der Waals surface area contributed by atoms with Gasteiger partial charge in [-0.2, -0.15) is 0 Å². The first kappa shape index (κ1) is 11.3. The maximum absolute atomic E-state index is 11.6. The van der Waals surface area contributed by atoms with Crippen molar-refractivity contribution in [2.75, 3.05) is 0 Å². The fourth-order valence-corrected chi connectivity index (χ4v) is 4.63. The molecule has 3 heteroatoms. The largest absolute Gasteiger partial charge is 0.456 e. The highest BCUT2D eigenvalue weighted by Gasteiger charge is 2.59. The maximum Gasteiger partial charge on any atom is 0.330 e. The standard InChI is InChI=1S/C14H20O3/c1-2-3-12(15)17-14-7-10-4-11(8-14)6-13(16,5-10)9-14/h2-3,10-11,16H,4-9H2,1H3. The Morgan fingerprint density at radius 2 is 1.94 bits per heavy atom. The number of allylic oxidation sites excluding steroid dienone is 1. The van der Waals surface area contributed by atoms with Crippen molar-refractivity contribution in [3.63, 3.8) is 0 Å². The van der Waals surface area contributed by atoms with Gasteiger partial charge in [-0.1, -0.05) is 6.08 Å². The van der Waals surface area contributed by atoms with Crippen LogP contribution in [0.25, 0.3) is 0 Å². The van der Waals surface area contributed by atoms with Gasteiger partial charge in [0.1, 0.15) is 5.60 Å². The molecule has 4 fully saturated rings. The lowest BCUT2D eigenvalue weighted by atomic mass is 9.52. The first-order valence-electron chi connectivity index (χ1n) is 6.61. The molecule has 3 nitrogen and oxygen atoms in total. The van der Waals surface area contributed by atoms with Gasteiger partial charge in [0.2, 0.25) is 0 Å². The van der Waals surface area contributed by atoms with E-state index in [2.05, 4.69) is 0 Å². The molecular weight excluding hydrogens is 216 g/mol. The first-order chi connectivity index (χ1) is 8.03. The minimum absolute atomic E-state index is 0.252. The molecule has 17 heavy (non-hydrogen) atoms. The molecule has 0 amide bonds. The van der Waals surface area contributed by atoms with Crippen LogP contribution in [0.3, 0.4) is 0 Å². The third-order valence-electron chi connectivity index (χ3n) is 4.60. The summed E-state index contributed by atoms with van der Waals surface area (Å²) in [6.45, 7) is 1.81. The Morgan fingerprint density at radius 1 is 1.29 bits per heavy atom. The van der Waals surface area contributed by atoms with E-state index in [1.165, 1.54) is 12.5 Å². The molecule has 0 aliphatic heterocycles. The molecule has 0 aromatic heterocycles. The summed E-state index contributed by atoms with van der Waals surface area (Å²) >= 11 is 0. The lowest BCUT2D eigenvalue weighted by Gasteiger charge is -2.59. The summed E-state index contributed by atoms with van der Waals surface area (Å²) in [5, 5.41) is 10.5. The van der Waals surface area contributed by atoms with E-state index in [1.807, 2.05) is 6.92 Å². The molecule has 0 spiro atoms. The molecule has 4 aliphatic rings. The smallest absolute Gasteiger partial charge is 0.330 e. The minimum Gasteiger partial charge on any atom is -0.456 e. The van der Waals surface area contributed by atoms with Gasteiger partial charge in [-0.05, 0) is 50.9 Å². The molecule has 94 valence electrons. The van der Waals surface area contributed by atoms with Crippen LogP contribution in [0.15, 0.2) is 12.2 Å². The zero-order valence-electron chi connectivity index (χ0n) is 10.3. The monoisotopic (exact) mass is 236 g/mol. The van der Waals surface area contributed by atoms with Crippen LogP contribution in [0.5, 0.6) is 0 Å². The second kappa shape index (κ2) is 3.58. The van der Waals surface area contributed by atoms with Crippen LogP contribution < -0.4 is 0 Å². The summed E-state index contributed by atoms with van der Waals surface area (Å²) in [5.74, 6) is 0.859. The molecule has 0 aromatic carbocycles. The molecule has 4 bridgehead atoms. The average molecular weight is 236 g/mol. The number of hydrogen-bond donors (Lipinski definition) is 1. The van der Waals surface area contributed by atoms with Gasteiger partial charge in [-0.25, -0.2) is 4.79 Å². The van der Waals surface area contributed by atoms with E-state index in [9.17, 15) is 9.90 Å². The lowest BCUT2D eigenvalue weighted by molar-refractivity contribution is -0.216. The third kappa shape index (κ3) is 1.90. The summed E-state index contributed by atoms with van der Waals surface area (Å²) in [6.07, 6.45) is 8.77. The van der Waals surface area contributed by atoms with Crippen molar-refractivity contribution in [3.05, 3.63) is 12.2 Å². The summed E-state index contributed by atoms with van der Waals surface area (Å²) in [7, 11) is 0. The van der Waals surface area contributed by atoms with E-state index in [4.69, 9.17) is 4.74 Å². The van der Waals surface area contributed by atoms with Gasteiger partial charge in [0, 0.05) is 12.5 Å². The first-order valence-corrected chi connectivity index (χ1v) is 6.61. The fourth-order valence-electron chi connectivity index (χ4n) is 4.63. The van der Waals surface area contributed by atoms with Crippen LogP contribution in [-0.4, -0.2) is 22.3 Å². The van der Waals surface area contributed by atoms with Crippen molar-refractivity contribution in [2.45, 2.75) is 56.7 Å². The second-order valence-electron chi connectivity index (χ2n) is 6.29. The van der Waals surface area contributed by atoms with Crippen molar-refractivity contribution < 1.29 is 14.6 Å². The Balaban J connectivity index is 1.81. The highest BCUT2D eigenvalue weighted by molar-refractivity contribution is 5.82. The highest BCUT2D eigenvalue weighted by Crippen LogP contribution is 2.58. The Morgan fingerprint density at radius 3 is 2.47 bits per heavy atom. The Bertz CT molecular complexity index is 358. The van der Waals surface area contributed by atoms with Gasteiger partial charge in [0.25, 0.3) is 0 Å². The van der Waals surface area contributed by atoms with Gasteiger partial charge < -0.3 is 9.84 Å². The molecule has 1 N–H and O–H groups in total. The van der Waals surface area contributed by atoms with E-state index in [1.54, 1.807) is 6.08 Å². The number of aliphatic hydroxyl groups is 1. The summed E-state index contributed by atoms with van der Waals surface area (Å²) in [4.78, 5) is 11.6. The molecule has 0 aromatic rings. The van der Waals surface area contributed by atoms with Crippen LogP contribution in [0, 0.1) is 11.8 Å². The van der Waals surface area contributed by atoms with Crippen molar-refractivity contribution in [3.8, 4) is 0 Å². The van der Waals surface area contributed by atoms with Gasteiger partial charge in [-0.3, -0.25) is 0 Å². The van der Waals surface area contributed by atoms with Crippen LogP contribution in [-0.2, 0) is 9.53 Å². The molecule has 4 aliphatic carbocycles. The minimum atomic E-state index is -0.555. The normalized spacial score (nSPS) is 47.6. The third-order valence-corrected chi connectivity index (χ3v) is 4.60. The topological polar surface area (TPSA) is 46.5 Å². The number of carbonyl (C=O) groups is 1. The van der Waals surface area contributed by atoms with Crippen molar-refractivity contribution in [1.29, 1.82) is 0 Å². The Kier molecular flexibility index (Phi) is 2.37. The number of rotatable bonds is 2. The van der Waals surface area contributed by atoms with E-state index < -0.39 is 5.60 Å². The van der Waals surface area contributed by atoms with Crippen LogP contribution in [0.1, 0.15) is 45.4 Å². The maximum atomic E-state index is 11.6. The molecular formula is C14H20O3. The van der Waals surface area contributed by atoms with Gasteiger partial charge in [-0.15, -0.1) is 0 Å². The van der Waals surface area contributed by atoms with Crippen molar-refractivity contribution in [2.24, 2.45) is 11.8 Å². The van der Waals surface area contributed by atoms with Crippen molar-refractivity contribution >= 4 is 5.97 Å². The van der Waals surface area contributed by atoms with Crippen molar-refractivity contribution in [1.82, 2.24) is 0 Å². The van der Waals surface area contributed by atoms with Gasteiger partial charge >= 0.3 is 5.97 Å². The zero-order valence-corrected chi connectivity index (χ0v) is 10.3. The zero-order chi connectivity index (χ0) is 12.1. The molecule has 2 unspecified atom stereocenters. The Hall–Kier alpha value is -0.830. The molecule has 0 saturated heterocycles. The van der Waals surface area contributed by atoms with E-state index in [-0.39, 0.29) is 11.6 Å². The lowest BCUT2D eigenvalue weighted by Crippen LogP contribution is -2.60. The second-order valence-corrected chi connectivity index (χ2v) is 6.29. The summed E-state index contributed by atoms with van der Waals surface area (Å²) in [6, 6.07) is 0. The fraction of sp³-hybridized carbons (Fsp3) is 0.786. The van der Waals surface area contributed by atoms with Crippen LogP contribution in [0.4, 0.5) is 0 Å². The van der Waals surface area contributed by atoms with E-state index in [0.717, 1.165) is 25.7 Å².